The number of aromatic nitrogens is 3. The smallest absolute Gasteiger partial charge is 0.335 e. The van der Waals surface area contributed by atoms with Gasteiger partial charge in [0.25, 0.3) is 5.91 Å². The number of hydrogen-bond acceptors (Lipinski definition) is 4. The van der Waals surface area contributed by atoms with Gasteiger partial charge in [-0.05, 0) is 17.7 Å². The lowest BCUT2D eigenvalue weighted by molar-refractivity contribution is 0.0696. The molecule has 8 heteroatoms. The van der Waals surface area contributed by atoms with Crippen LogP contribution in [-0.4, -0.2) is 32.4 Å². The third kappa shape index (κ3) is 2.72. The minimum Gasteiger partial charge on any atom is -0.478 e. The van der Waals surface area contributed by atoms with E-state index in [1.54, 1.807) is 24.3 Å². The van der Waals surface area contributed by atoms with Crippen molar-refractivity contribution in [3.05, 3.63) is 59.5 Å². The summed E-state index contributed by atoms with van der Waals surface area (Å²) < 4.78 is 14.1. The first-order chi connectivity index (χ1) is 11.5. The zero-order valence-corrected chi connectivity index (χ0v) is 12.2. The maximum Gasteiger partial charge on any atom is 0.335 e. The first kappa shape index (κ1) is 15.3. The summed E-state index contributed by atoms with van der Waals surface area (Å²) in [5.41, 5.74) is 6.81. The van der Waals surface area contributed by atoms with Crippen molar-refractivity contribution in [2.24, 2.45) is 5.73 Å². The number of benzene rings is 2. The summed E-state index contributed by atoms with van der Waals surface area (Å²) in [6.45, 7) is 0. The lowest BCUT2D eigenvalue weighted by Gasteiger charge is -2.06. The fourth-order valence-corrected chi connectivity index (χ4v) is 2.29. The molecule has 0 aliphatic heterocycles. The molecule has 0 atom stereocenters. The summed E-state index contributed by atoms with van der Waals surface area (Å²) in [6, 6.07) is 10.3. The van der Waals surface area contributed by atoms with Gasteiger partial charge in [0.2, 0.25) is 0 Å². The second-order valence-corrected chi connectivity index (χ2v) is 4.96. The predicted molar refractivity (Wildman–Crippen MR) is 82.7 cm³/mol. The number of carboxylic acids is 1. The van der Waals surface area contributed by atoms with Gasteiger partial charge in [-0.15, -0.1) is 0 Å². The Morgan fingerprint density at radius 1 is 1.04 bits per heavy atom. The Morgan fingerprint density at radius 2 is 1.71 bits per heavy atom. The third-order valence-electron chi connectivity index (χ3n) is 3.47. The van der Waals surface area contributed by atoms with Crippen LogP contribution in [0.3, 0.4) is 0 Å². The van der Waals surface area contributed by atoms with Gasteiger partial charge in [-0.1, -0.05) is 30.3 Å². The number of aromatic amines is 1. The molecule has 0 spiro atoms. The van der Waals surface area contributed by atoms with Crippen LogP contribution in [0.15, 0.2) is 42.5 Å². The Kier molecular flexibility index (Phi) is 3.78. The van der Waals surface area contributed by atoms with E-state index >= 15 is 0 Å². The first-order valence-corrected chi connectivity index (χ1v) is 6.81. The number of hydrogen-bond donors (Lipinski definition) is 3. The molecule has 1 aromatic heterocycles. The van der Waals surface area contributed by atoms with Crippen molar-refractivity contribution >= 4 is 11.9 Å². The fourth-order valence-electron chi connectivity index (χ4n) is 2.29. The van der Waals surface area contributed by atoms with E-state index in [-0.39, 0.29) is 16.8 Å². The molecule has 120 valence electrons. The molecule has 0 aliphatic carbocycles. The normalized spacial score (nSPS) is 10.5. The fraction of sp³-hybridized carbons (Fsp3) is 0. The molecule has 0 bridgehead atoms. The van der Waals surface area contributed by atoms with Crippen LogP contribution in [0.4, 0.5) is 4.39 Å². The summed E-state index contributed by atoms with van der Waals surface area (Å²) in [7, 11) is 0. The molecular formula is C16H11FN4O3. The number of primary amides is 1. The predicted octanol–water partition coefficient (Wildman–Crippen LogP) is 2.07. The Labute approximate surface area is 134 Å². The number of rotatable bonds is 4. The average Bonchev–Trinajstić information content (AvgIpc) is 3.05. The van der Waals surface area contributed by atoms with Crippen molar-refractivity contribution in [1.82, 2.24) is 15.4 Å². The van der Waals surface area contributed by atoms with Gasteiger partial charge in [0, 0.05) is 11.1 Å². The van der Waals surface area contributed by atoms with Crippen molar-refractivity contribution in [3.63, 3.8) is 0 Å². The number of aromatic carboxylic acids is 1. The van der Waals surface area contributed by atoms with E-state index in [1.807, 2.05) is 0 Å². The largest absolute Gasteiger partial charge is 0.478 e. The highest BCUT2D eigenvalue weighted by Crippen LogP contribution is 2.27. The van der Waals surface area contributed by atoms with E-state index in [0.717, 1.165) is 6.07 Å². The molecule has 7 nitrogen and oxygen atoms in total. The second-order valence-electron chi connectivity index (χ2n) is 4.96. The Bertz CT molecular complexity index is 935. The maximum atomic E-state index is 14.1. The highest BCUT2D eigenvalue weighted by atomic mass is 19.1. The molecule has 0 fully saturated rings. The van der Waals surface area contributed by atoms with Crippen LogP contribution >= 0.6 is 0 Å². The quantitative estimate of drug-likeness (QED) is 0.677. The van der Waals surface area contributed by atoms with Crippen LogP contribution in [0, 0.1) is 5.82 Å². The maximum absolute atomic E-state index is 14.1. The van der Waals surface area contributed by atoms with Gasteiger partial charge in [0.15, 0.2) is 5.69 Å². The van der Waals surface area contributed by atoms with E-state index in [1.165, 1.54) is 12.1 Å². The number of amides is 1. The average molecular weight is 326 g/mol. The Balaban J connectivity index is 1.97. The number of nitrogens with zero attached hydrogens (tertiary/aromatic N) is 2. The number of carbonyl (C=O) groups excluding carboxylic acids is 1. The molecular weight excluding hydrogens is 315 g/mol. The van der Waals surface area contributed by atoms with Gasteiger partial charge >= 0.3 is 5.97 Å². The molecule has 0 saturated carbocycles. The summed E-state index contributed by atoms with van der Waals surface area (Å²) in [5, 5.41) is 18.8. The standard InChI is InChI=1S/C16H11FN4O3/c17-12-7-10(16(23)24)5-6-11(12)8-1-3-9(4-2-8)13-14(15(18)22)20-21-19-13/h1-7H,(H2,18,22)(H,23,24)(H,19,20,21). The summed E-state index contributed by atoms with van der Waals surface area (Å²) in [5.74, 6) is -2.54. The minimum absolute atomic E-state index is 0.0136. The van der Waals surface area contributed by atoms with Crippen molar-refractivity contribution in [1.29, 1.82) is 0 Å². The van der Waals surface area contributed by atoms with Crippen molar-refractivity contribution in [2.75, 3.05) is 0 Å². The second kappa shape index (κ2) is 5.92. The number of carboxylic acid groups (broad SMARTS) is 1. The van der Waals surface area contributed by atoms with Gasteiger partial charge < -0.3 is 10.8 Å². The van der Waals surface area contributed by atoms with E-state index in [0.29, 0.717) is 16.8 Å². The molecule has 1 amide bonds. The zero-order valence-electron chi connectivity index (χ0n) is 12.2. The molecule has 0 radical (unpaired) electrons. The van der Waals surface area contributed by atoms with Crippen LogP contribution < -0.4 is 5.73 Å². The molecule has 4 N–H and O–H groups in total. The molecule has 3 rings (SSSR count). The van der Waals surface area contributed by atoms with Gasteiger partial charge in [-0.2, -0.15) is 15.4 Å². The van der Waals surface area contributed by atoms with Crippen molar-refractivity contribution in [2.45, 2.75) is 0 Å². The van der Waals surface area contributed by atoms with Gasteiger partial charge in [-0.3, -0.25) is 4.79 Å². The molecule has 2 aromatic carbocycles. The zero-order chi connectivity index (χ0) is 17.3. The van der Waals surface area contributed by atoms with Gasteiger partial charge in [0.05, 0.1) is 5.56 Å². The molecule has 0 unspecified atom stereocenters. The molecule has 24 heavy (non-hydrogen) atoms. The topological polar surface area (TPSA) is 122 Å². The molecule has 0 aliphatic rings. The minimum atomic E-state index is -1.19. The number of halogens is 1. The summed E-state index contributed by atoms with van der Waals surface area (Å²) in [4.78, 5) is 22.1. The number of nitrogens with one attached hydrogen (secondary N) is 1. The highest BCUT2D eigenvalue weighted by molar-refractivity contribution is 5.96. The van der Waals surface area contributed by atoms with Gasteiger partial charge in [-0.25, -0.2) is 9.18 Å². The number of H-pyrrole nitrogens is 1. The van der Waals surface area contributed by atoms with Crippen LogP contribution in [0.2, 0.25) is 0 Å². The molecule has 0 saturated heterocycles. The number of nitrogens with two attached hydrogens (primary N) is 1. The van der Waals surface area contributed by atoms with Crippen molar-refractivity contribution in [3.8, 4) is 22.4 Å². The van der Waals surface area contributed by atoms with E-state index in [9.17, 15) is 14.0 Å². The number of carbonyl (C=O) groups is 2. The van der Waals surface area contributed by atoms with Crippen molar-refractivity contribution < 1.29 is 19.1 Å². The molecule has 3 aromatic rings. The highest BCUT2D eigenvalue weighted by Gasteiger charge is 2.15. The lowest BCUT2D eigenvalue weighted by atomic mass is 10.0. The first-order valence-electron chi connectivity index (χ1n) is 6.81. The van der Waals surface area contributed by atoms with E-state index < -0.39 is 17.7 Å². The Morgan fingerprint density at radius 3 is 2.29 bits per heavy atom. The van der Waals surface area contributed by atoms with E-state index in [4.69, 9.17) is 10.8 Å². The van der Waals surface area contributed by atoms with Crippen LogP contribution in [0.5, 0.6) is 0 Å². The van der Waals surface area contributed by atoms with Crippen LogP contribution in [0.1, 0.15) is 20.8 Å². The SMILES string of the molecule is NC(=O)c1n[nH]nc1-c1ccc(-c2ccc(C(=O)O)cc2F)cc1. The molecule has 1 heterocycles. The lowest BCUT2D eigenvalue weighted by Crippen LogP contribution is -2.12. The summed E-state index contributed by atoms with van der Waals surface area (Å²) >= 11 is 0. The van der Waals surface area contributed by atoms with Gasteiger partial charge in [0.1, 0.15) is 11.5 Å². The monoisotopic (exact) mass is 326 g/mol. The summed E-state index contributed by atoms with van der Waals surface area (Å²) in [6.07, 6.45) is 0. The van der Waals surface area contributed by atoms with E-state index in [2.05, 4.69) is 15.4 Å². The Hall–Kier alpha value is -3.55. The van der Waals surface area contributed by atoms with Crippen LogP contribution in [-0.2, 0) is 0 Å². The van der Waals surface area contributed by atoms with Crippen LogP contribution in [0.25, 0.3) is 22.4 Å². The third-order valence-corrected chi connectivity index (χ3v) is 3.47.